The Morgan fingerprint density at radius 1 is 0.829 bits per heavy atom. The summed E-state index contributed by atoms with van der Waals surface area (Å²) in [5.74, 6) is -1.90. The average Bonchev–Trinajstić information content (AvgIpc) is 3.50. The van der Waals surface area contributed by atoms with Crippen LogP contribution in [-0.2, 0) is 21.0 Å². The maximum atomic E-state index is 13.7. The quantitative estimate of drug-likeness (QED) is 0.105. The van der Waals surface area contributed by atoms with Crippen LogP contribution in [0.5, 0.6) is 5.75 Å². The van der Waals surface area contributed by atoms with Gasteiger partial charge in [0.05, 0.1) is 28.8 Å². The zero-order valence-corrected chi connectivity index (χ0v) is 21.5. The highest BCUT2D eigenvalue weighted by Crippen LogP contribution is 2.47. The topological polar surface area (TPSA) is 119 Å². The SMILES string of the molecule is O=C(Oc1ccc([C@@H]2[C@H]3C(=O)N(Cc4ccccc4)C(=O)[C@@H]3ON2c2ccc([N+](=O)[O-])cc2)cc1)c1ccccc1. The number of nitro groups is 1. The van der Waals surface area contributed by atoms with Gasteiger partial charge < -0.3 is 4.74 Å². The number of carbonyl (C=O) groups is 3. The summed E-state index contributed by atoms with van der Waals surface area (Å²) in [6.45, 7) is 0.119. The Balaban J connectivity index is 1.31. The predicted molar refractivity (Wildman–Crippen MR) is 147 cm³/mol. The molecule has 3 atom stereocenters. The molecular weight excluding hydrogens is 526 g/mol. The highest BCUT2D eigenvalue weighted by molar-refractivity contribution is 6.07. The first-order valence-corrected chi connectivity index (χ1v) is 12.9. The van der Waals surface area contributed by atoms with Crippen LogP contribution in [0, 0.1) is 16.0 Å². The molecule has 0 N–H and O–H groups in total. The van der Waals surface area contributed by atoms with Crippen molar-refractivity contribution in [3.8, 4) is 5.75 Å². The summed E-state index contributed by atoms with van der Waals surface area (Å²) in [6, 6.07) is 29.4. The molecule has 10 heteroatoms. The molecule has 204 valence electrons. The van der Waals surface area contributed by atoms with Crippen molar-refractivity contribution in [2.75, 3.05) is 5.06 Å². The van der Waals surface area contributed by atoms with Gasteiger partial charge in [0.15, 0.2) is 6.10 Å². The number of likely N-dealkylation sites (tertiary alicyclic amines) is 1. The molecule has 2 aliphatic heterocycles. The normalized spacial score (nSPS) is 19.8. The molecule has 0 radical (unpaired) electrons. The number of hydroxylamine groups is 1. The first-order chi connectivity index (χ1) is 19.9. The van der Waals surface area contributed by atoms with Gasteiger partial charge in [-0.05, 0) is 47.5 Å². The number of hydrogen-bond donors (Lipinski definition) is 0. The standard InChI is InChI=1S/C31H23N3O7/c35-29-26-27(21-11-17-25(18-12-21)40-31(37)22-9-5-2-6-10-22)33(23-13-15-24(16-14-23)34(38)39)41-28(26)30(36)32(29)19-20-7-3-1-4-8-20/h1-18,26-28H,19H2/t26-,27-,28-/m1/s1. The van der Waals surface area contributed by atoms with Gasteiger partial charge in [0.25, 0.3) is 11.6 Å². The highest BCUT2D eigenvalue weighted by atomic mass is 16.7. The molecule has 2 aliphatic rings. The van der Waals surface area contributed by atoms with Crippen molar-refractivity contribution < 1.29 is 28.9 Å². The summed E-state index contributed by atoms with van der Waals surface area (Å²) in [7, 11) is 0. The second-order valence-corrected chi connectivity index (χ2v) is 9.67. The van der Waals surface area contributed by atoms with Crippen LogP contribution in [0.2, 0.25) is 0 Å². The molecule has 4 aromatic carbocycles. The van der Waals surface area contributed by atoms with Gasteiger partial charge >= 0.3 is 5.97 Å². The van der Waals surface area contributed by atoms with Crippen LogP contribution in [0.25, 0.3) is 0 Å². The lowest BCUT2D eigenvalue weighted by atomic mass is 9.90. The number of carbonyl (C=O) groups excluding carboxylic acids is 3. The average molecular weight is 550 g/mol. The summed E-state index contributed by atoms with van der Waals surface area (Å²) in [6.07, 6.45) is -1.07. The lowest BCUT2D eigenvalue weighted by Crippen LogP contribution is -2.36. The Labute approximate surface area is 234 Å². The summed E-state index contributed by atoms with van der Waals surface area (Å²) < 4.78 is 5.50. The van der Waals surface area contributed by atoms with Crippen molar-refractivity contribution in [2.24, 2.45) is 5.92 Å². The maximum Gasteiger partial charge on any atom is 0.343 e. The number of rotatable bonds is 7. The maximum absolute atomic E-state index is 13.7. The van der Waals surface area contributed by atoms with Crippen molar-refractivity contribution in [3.05, 3.63) is 136 Å². The molecule has 2 fully saturated rings. The lowest BCUT2D eigenvalue weighted by molar-refractivity contribution is -0.384. The van der Waals surface area contributed by atoms with E-state index in [-0.39, 0.29) is 18.1 Å². The molecule has 2 amide bonds. The number of imide groups is 1. The fraction of sp³-hybridized carbons (Fsp3) is 0.129. The van der Waals surface area contributed by atoms with Crippen LogP contribution in [-0.4, -0.2) is 33.7 Å². The number of amides is 2. The molecule has 2 saturated heterocycles. The number of nitrogens with zero attached hydrogens (tertiary/aromatic N) is 3. The van der Waals surface area contributed by atoms with E-state index in [2.05, 4.69) is 0 Å². The minimum Gasteiger partial charge on any atom is -0.423 e. The van der Waals surface area contributed by atoms with Crippen LogP contribution in [0.15, 0.2) is 109 Å². The van der Waals surface area contributed by atoms with Crippen molar-refractivity contribution >= 4 is 29.2 Å². The van der Waals surface area contributed by atoms with E-state index in [1.807, 2.05) is 30.3 Å². The predicted octanol–water partition coefficient (Wildman–Crippen LogP) is 4.86. The zero-order chi connectivity index (χ0) is 28.5. The van der Waals surface area contributed by atoms with E-state index < -0.39 is 34.9 Å². The van der Waals surface area contributed by atoms with E-state index in [4.69, 9.17) is 9.57 Å². The van der Waals surface area contributed by atoms with Gasteiger partial charge in [0, 0.05) is 12.1 Å². The first-order valence-electron chi connectivity index (χ1n) is 12.9. The fourth-order valence-electron chi connectivity index (χ4n) is 5.15. The molecule has 6 rings (SSSR count). The summed E-state index contributed by atoms with van der Waals surface area (Å²) in [5.41, 5.74) is 2.20. The monoisotopic (exact) mass is 549 g/mol. The van der Waals surface area contributed by atoms with Crippen LogP contribution in [0.3, 0.4) is 0 Å². The van der Waals surface area contributed by atoms with Crippen molar-refractivity contribution in [2.45, 2.75) is 18.7 Å². The molecule has 0 unspecified atom stereocenters. The largest absolute Gasteiger partial charge is 0.423 e. The molecular formula is C31H23N3O7. The Hall–Kier alpha value is -5.35. The second kappa shape index (κ2) is 10.7. The van der Waals surface area contributed by atoms with E-state index in [0.717, 1.165) is 5.56 Å². The number of anilines is 1. The third-order valence-electron chi connectivity index (χ3n) is 7.15. The molecule has 0 aliphatic carbocycles. The zero-order valence-electron chi connectivity index (χ0n) is 21.5. The van der Waals surface area contributed by atoms with Crippen LogP contribution in [0.1, 0.15) is 27.5 Å². The molecule has 0 bridgehead atoms. The smallest absolute Gasteiger partial charge is 0.343 e. The molecule has 2 heterocycles. The van der Waals surface area contributed by atoms with Crippen molar-refractivity contribution in [1.82, 2.24) is 4.90 Å². The van der Waals surface area contributed by atoms with Gasteiger partial charge in [-0.2, -0.15) is 0 Å². The number of ether oxygens (including phenoxy) is 1. The van der Waals surface area contributed by atoms with Gasteiger partial charge in [-0.3, -0.25) is 29.4 Å². The Kier molecular flexibility index (Phi) is 6.74. The number of nitro benzene ring substituents is 1. The lowest BCUT2D eigenvalue weighted by Gasteiger charge is -2.28. The number of benzene rings is 4. The van der Waals surface area contributed by atoms with Gasteiger partial charge in [-0.15, -0.1) is 0 Å². The van der Waals surface area contributed by atoms with Gasteiger partial charge in [0.1, 0.15) is 11.7 Å². The molecule has 41 heavy (non-hydrogen) atoms. The Bertz CT molecular complexity index is 1610. The molecule has 4 aromatic rings. The van der Waals surface area contributed by atoms with Crippen LogP contribution >= 0.6 is 0 Å². The third-order valence-corrected chi connectivity index (χ3v) is 7.15. The van der Waals surface area contributed by atoms with Crippen LogP contribution < -0.4 is 9.80 Å². The third kappa shape index (κ3) is 4.92. The van der Waals surface area contributed by atoms with Crippen molar-refractivity contribution in [3.63, 3.8) is 0 Å². The van der Waals surface area contributed by atoms with Gasteiger partial charge in [-0.1, -0.05) is 60.7 Å². The number of hydrogen-bond acceptors (Lipinski definition) is 8. The molecule has 0 saturated carbocycles. The summed E-state index contributed by atoms with van der Waals surface area (Å²) in [4.78, 5) is 57.6. The highest BCUT2D eigenvalue weighted by Gasteiger charge is 2.59. The minimum absolute atomic E-state index is 0.101. The number of non-ortho nitro benzene ring substituents is 1. The summed E-state index contributed by atoms with van der Waals surface area (Å²) in [5, 5.41) is 12.6. The van der Waals surface area contributed by atoms with Crippen molar-refractivity contribution in [1.29, 1.82) is 0 Å². The van der Waals surface area contributed by atoms with E-state index >= 15 is 0 Å². The van der Waals surface area contributed by atoms with Gasteiger partial charge in [-0.25, -0.2) is 9.86 Å². The number of esters is 1. The van der Waals surface area contributed by atoms with E-state index in [9.17, 15) is 24.5 Å². The van der Waals surface area contributed by atoms with E-state index in [1.54, 1.807) is 54.6 Å². The molecule has 0 aromatic heterocycles. The Morgan fingerprint density at radius 2 is 1.46 bits per heavy atom. The van der Waals surface area contributed by atoms with E-state index in [0.29, 0.717) is 22.6 Å². The fourth-order valence-corrected chi connectivity index (χ4v) is 5.15. The minimum atomic E-state index is -1.07. The second-order valence-electron chi connectivity index (χ2n) is 9.67. The van der Waals surface area contributed by atoms with Gasteiger partial charge in [0.2, 0.25) is 5.91 Å². The molecule has 0 spiro atoms. The number of fused-ring (bicyclic) bond motifs is 1. The van der Waals surface area contributed by atoms with E-state index in [1.165, 1.54) is 34.2 Å². The molecule has 10 nitrogen and oxygen atoms in total. The Morgan fingerprint density at radius 3 is 2.10 bits per heavy atom. The van der Waals surface area contributed by atoms with Crippen LogP contribution in [0.4, 0.5) is 11.4 Å². The first kappa shape index (κ1) is 25.9. The summed E-state index contributed by atoms with van der Waals surface area (Å²) >= 11 is 0.